The number of benzene rings is 1. The van der Waals surface area contributed by atoms with Gasteiger partial charge < -0.3 is 20.3 Å². The van der Waals surface area contributed by atoms with E-state index < -0.39 is 6.09 Å². The Hall–Kier alpha value is -3.35. The molecule has 0 unspecified atom stereocenters. The fourth-order valence-electron chi connectivity index (χ4n) is 4.16. The Kier molecular flexibility index (Phi) is 8.53. The van der Waals surface area contributed by atoms with Gasteiger partial charge in [0.15, 0.2) is 11.5 Å². The number of carbonyl (C=O) groups is 2. The van der Waals surface area contributed by atoms with Crippen LogP contribution in [0.2, 0.25) is 0 Å². The number of aryl methyl sites for hydroxylation is 1. The van der Waals surface area contributed by atoms with Gasteiger partial charge in [-0.15, -0.1) is 0 Å². The second kappa shape index (κ2) is 12.2. The van der Waals surface area contributed by atoms with Crippen LogP contribution in [-0.4, -0.2) is 63.2 Å². The molecule has 0 aliphatic heterocycles. The van der Waals surface area contributed by atoms with Gasteiger partial charge in [0.2, 0.25) is 0 Å². The zero-order chi connectivity index (χ0) is 27.4. The third kappa shape index (κ3) is 7.00. The second-order valence-electron chi connectivity index (χ2n) is 9.86. The molecule has 1 aliphatic carbocycles. The van der Waals surface area contributed by atoms with Crippen molar-refractivity contribution in [3.8, 4) is 17.0 Å². The summed E-state index contributed by atoms with van der Waals surface area (Å²) in [6, 6.07) is 9.15. The van der Waals surface area contributed by atoms with Crippen molar-refractivity contribution in [2.45, 2.75) is 32.2 Å². The molecule has 0 radical (unpaired) electrons. The first-order valence-corrected chi connectivity index (χ1v) is 14.5. The van der Waals surface area contributed by atoms with Gasteiger partial charge in [-0.1, -0.05) is 12.8 Å². The van der Waals surface area contributed by atoms with Crippen molar-refractivity contribution in [1.29, 1.82) is 0 Å². The van der Waals surface area contributed by atoms with Crippen LogP contribution in [0.1, 0.15) is 36.0 Å². The van der Waals surface area contributed by atoms with Crippen LogP contribution in [-0.2, 0) is 6.54 Å². The van der Waals surface area contributed by atoms with Crippen LogP contribution in [0.4, 0.5) is 10.6 Å². The summed E-state index contributed by atoms with van der Waals surface area (Å²) >= 11 is 4.89. The van der Waals surface area contributed by atoms with Crippen LogP contribution in [0, 0.1) is 5.92 Å². The highest BCUT2D eigenvalue weighted by Crippen LogP contribution is 2.35. The normalized spacial score (nSPS) is 13.1. The van der Waals surface area contributed by atoms with Crippen molar-refractivity contribution in [3.63, 3.8) is 0 Å². The first-order valence-electron chi connectivity index (χ1n) is 12.9. The molecule has 3 aromatic heterocycles. The minimum absolute atomic E-state index is 0.255. The molecule has 1 fully saturated rings. The van der Waals surface area contributed by atoms with Crippen molar-refractivity contribution >= 4 is 56.3 Å². The highest BCUT2D eigenvalue weighted by molar-refractivity contribution is 9.10. The predicted octanol–water partition coefficient (Wildman–Crippen LogP) is 5.41. The van der Waals surface area contributed by atoms with Gasteiger partial charge in [0.1, 0.15) is 5.75 Å². The zero-order valence-corrected chi connectivity index (χ0v) is 24.2. The molecule has 4 aromatic rings. The third-order valence-corrected chi connectivity index (χ3v) is 7.64. The number of hydrogen-bond acceptors (Lipinski definition) is 8. The average Bonchev–Trinajstić information content (AvgIpc) is 3.44. The number of nitrogens with zero attached hydrogens (tertiary/aromatic N) is 5. The zero-order valence-electron chi connectivity index (χ0n) is 21.8. The van der Waals surface area contributed by atoms with E-state index in [1.54, 1.807) is 23.7 Å². The Morgan fingerprint density at radius 3 is 2.72 bits per heavy atom. The van der Waals surface area contributed by atoms with Crippen molar-refractivity contribution < 1.29 is 14.3 Å². The van der Waals surface area contributed by atoms with E-state index in [0.29, 0.717) is 35.9 Å². The molecule has 3 heterocycles. The van der Waals surface area contributed by atoms with E-state index in [-0.39, 0.29) is 5.91 Å². The number of anilines is 1. The number of halogens is 1. The number of aromatic nitrogens is 4. The summed E-state index contributed by atoms with van der Waals surface area (Å²) in [6.07, 6.45) is 5.83. The van der Waals surface area contributed by atoms with E-state index in [4.69, 9.17) is 14.8 Å². The van der Waals surface area contributed by atoms with Crippen LogP contribution in [0.5, 0.6) is 5.75 Å². The Balaban J connectivity index is 1.37. The number of carbonyl (C=O) groups excluding carboxylic acids is 2. The number of rotatable bonds is 11. The van der Waals surface area contributed by atoms with Crippen LogP contribution in [0.3, 0.4) is 0 Å². The van der Waals surface area contributed by atoms with Gasteiger partial charge in [0.25, 0.3) is 5.91 Å². The van der Waals surface area contributed by atoms with Gasteiger partial charge >= 0.3 is 6.09 Å². The number of likely N-dealkylation sites (N-methyl/N-ethyl adjacent to an activating group) is 1. The van der Waals surface area contributed by atoms with Gasteiger partial charge in [-0.3, -0.25) is 4.79 Å². The van der Waals surface area contributed by atoms with Crippen molar-refractivity contribution in [2.75, 3.05) is 32.5 Å². The van der Waals surface area contributed by atoms with Crippen molar-refractivity contribution in [2.24, 2.45) is 5.92 Å². The summed E-state index contributed by atoms with van der Waals surface area (Å²) in [5, 5.41) is 12.9. The quantitative estimate of drug-likeness (QED) is 0.233. The fourth-order valence-corrected chi connectivity index (χ4v) is 5.22. The van der Waals surface area contributed by atoms with Crippen LogP contribution < -0.4 is 15.4 Å². The molecule has 10 nitrogen and oxygen atoms in total. The largest absolute Gasteiger partial charge is 0.412 e. The van der Waals surface area contributed by atoms with Gasteiger partial charge in [-0.2, -0.15) is 5.10 Å². The summed E-state index contributed by atoms with van der Waals surface area (Å²) in [5.74, 6) is 1.48. The van der Waals surface area contributed by atoms with E-state index in [1.807, 2.05) is 41.9 Å². The Morgan fingerprint density at radius 2 is 2.03 bits per heavy atom. The van der Waals surface area contributed by atoms with Crippen LogP contribution in [0.15, 0.2) is 46.4 Å². The maximum Gasteiger partial charge on any atom is 0.412 e. The molecular formula is C27H30BrN7O3S. The molecule has 1 aromatic carbocycles. The molecule has 5 rings (SSSR count). The first kappa shape index (κ1) is 27.2. The molecular weight excluding hydrogens is 582 g/mol. The second-order valence-corrected chi connectivity index (χ2v) is 11.4. The maximum atomic E-state index is 12.7. The lowest BCUT2D eigenvalue weighted by atomic mass is 10.1. The summed E-state index contributed by atoms with van der Waals surface area (Å²) < 4.78 is 12.0. The lowest BCUT2D eigenvalue weighted by molar-refractivity contribution is 0.102. The van der Waals surface area contributed by atoms with E-state index in [9.17, 15) is 9.59 Å². The predicted molar refractivity (Wildman–Crippen MR) is 155 cm³/mol. The SMILES string of the molecule is CN(C)CCNC(=O)Oc1ccc(-c2nc3c(cc2Br)c(NC(=O)c2cnsc2)nn3CCCC2CC2)cc1. The molecule has 2 N–H and O–H groups in total. The van der Waals surface area contributed by atoms with E-state index >= 15 is 0 Å². The summed E-state index contributed by atoms with van der Waals surface area (Å²) in [7, 11) is 3.88. The number of fused-ring (bicyclic) bond motifs is 1. The molecule has 0 bridgehead atoms. The van der Waals surface area contributed by atoms with E-state index in [1.165, 1.54) is 24.4 Å². The monoisotopic (exact) mass is 611 g/mol. The summed E-state index contributed by atoms with van der Waals surface area (Å²) in [6.45, 7) is 1.94. The Bertz CT molecular complexity index is 1450. The number of pyridine rings is 1. The minimum Gasteiger partial charge on any atom is -0.410 e. The highest BCUT2D eigenvalue weighted by atomic mass is 79.9. The molecule has 12 heteroatoms. The Morgan fingerprint density at radius 1 is 1.23 bits per heavy atom. The van der Waals surface area contributed by atoms with E-state index in [2.05, 4.69) is 30.9 Å². The topological polar surface area (TPSA) is 114 Å². The third-order valence-electron chi connectivity index (χ3n) is 6.45. The molecule has 204 valence electrons. The molecule has 39 heavy (non-hydrogen) atoms. The fraction of sp³-hybridized carbons (Fsp3) is 0.370. The summed E-state index contributed by atoms with van der Waals surface area (Å²) in [5.41, 5.74) is 2.77. The molecule has 1 aliphatic rings. The minimum atomic E-state index is -0.492. The number of amides is 2. The van der Waals surface area contributed by atoms with Gasteiger partial charge in [-0.25, -0.2) is 18.8 Å². The number of ether oxygens (including phenoxy) is 1. The van der Waals surface area contributed by atoms with Crippen LogP contribution in [0.25, 0.3) is 22.3 Å². The van der Waals surface area contributed by atoms with Gasteiger partial charge in [-0.05, 0) is 90.6 Å². The summed E-state index contributed by atoms with van der Waals surface area (Å²) in [4.78, 5) is 31.7. The number of nitrogens with one attached hydrogen (secondary N) is 2. The molecule has 0 saturated heterocycles. The first-order chi connectivity index (χ1) is 18.9. The maximum absolute atomic E-state index is 12.7. The smallest absolute Gasteiger partial charge is 0.410 e. The van der Waals surface area contributed by atoms with Gasteiger partial charge in [0.05, 0.1) is 22.8 Å². The molecule has 1 saturated carbocycles. The lowest BCUT2D eigenvalue weighted by Gasteiger charge is -2.11. The van der Waals surface area contributed by atoms with Crippen molar-refractivity contribution in [1.82, 2.24) is 29.4 Å². The molecule has 0 atom stereocenters. The van der Waals surface area contributed by atoms with E-state index in [0.717, 1.165) is 46.4 Å². The highest BCUT2D eigenvalue weighted by Gasteiger charge is 2.22. The lowest BCUT2D eigenvalue weighted by Crippen LogP contribution is -2.33. The molecule has 0 spiro atoms. The number of hydrogen-bond donors (Lipinski definition) is 2. The Labute approximate surface area is 239 Å². The molecule has 2 amide bonds. The average molecular weight is 613 g/mol. The van der Waals surface area contributed by atoms with Crippen LogP contribution >= 0.6 is 27.5 Å². The van der Waals surface area contributed by atoms with Gasteiger partial charge in [0, 0.05) is 35.1 Å². The van der Waals surface area contributed by atoms with Crippen molar-refractivity contribution in [3.05, 3.63) is 51.9 Å². The standard InChI is InChI=1S/C27H30BrN7O3S/c1-34(2)13-11-29-27(37)38-20-9-7-18(8-10-20)23-22(28)14-21-24(32-26(36)19-15-30-39-16-19)33-35(25(21)31-23)12-3-4-17-5-6-17/h7-10,14-17H,3-6,11-13H2,1-2H3,(H,29,37)(H,32,33,36).